The number of nitrogens with zero attached hydrogens (tertiary/aromatic N) is 5. The van der Waals surface area contributed by atoms with Gasteiger partial charge in [-0.05, 0) is 65.0 Å². The highest BCUT2D eigenvalue weighted by atomic mass is 15.0. The van der Waals surface area contributed by atoms with Crippen molar-refractivity contribution in [3.63, 3.8) is 0 Å². The Labute approximate surface area is 333 Å². The number of benzene rings is 8. The van der Waals surface area contributed by atoms with E-state index in [1.807, 2.05) is 60.7 Å². The number of rotatable bonds is 5. The molecule has 0 spiro atoms. The third kappa shape index (κ3) is 5.07. The lowest BCUT2D eigenvalue weighted by Crippen LogP contribution is -2.00. The highest BCUT2D eigenvalue weighted by Gasteiger charge is 2.18. The Hall–Kier alpha value is -7.89. The van der Waals surface area contributed by atoms with Crippen molar-refractivity contribution in [3.05, 3.63) is 200 Å². The van der Waals surface area contributed by atoms with E-state index in [0.717, 1.165) is 33.5 Å². The highest BCUT2D eigenvalue weighted by molar-refractivity contribution is 6.22. The first kappa shape index (κ1) is 32.4. The van der Waals surface area contributed by atoms with Gasteiger partial charge in [-0.3, -0.25) is 0 Å². The summed E-state index contributed by atoms with van der Waals surface area (Å²) in [6.45, 7) is 0. The summed E-state index contributed by atoms with van der Waals surface area (Å²) in [5.41, 5.74) is 12.3. The van der Waals surface area contributed by atoms with E-state index in [4.69, 9.17) is 15.0 Å². The lowest BCUT2D eigenvalue weighted by atomic mass is 10.0. The summed E-state index contributed by atoms with van der Waals surface area (Å²) in [4.78, 5) is 14.7. The van der Waals surface area contributed by atoms with Crippen LogP contribution in [0, 0.1) is 0 Å². The molecule has 8 aromatic carbocycles. The van der Waals surface area contributed by atoms with Crippen LogP contribution in [0.3, 0.4) is 0 Å². The van der Waals surface area contributed by atoms with Crippen molar-refractivity contribution in [3.8, 4) is 51.0 Å². The maximum atomic E-state index is 4.93. The van der Waals surface area contributed by atoms with Gasteiger partial charge in [0.2, 0.25) is 0 Å². The van der Waals surface area contributed by atoms with E-state index >= 15 is 0 Å². The molecule has 4 heterocycles. The van der Waals surface area contributed by atoms with Gasteiger partial charge in [0, 0.05) is 49.3 Å². The Bertz CT molecular complexity index is 3470. The fourth-order valence-electron chi connectivity index (χ4n) is 8.79. The van der Waals surface area contributed by atoms with E-state index in [1.165, 1.54) is 59.9 Å². The summed E-state index contributed by atoms with van der Waals surface area (Å²) in [6.07, 6.45) is 0. The fourth-order valence-corrected chi connectivity index (χ4v) is 8.79. The molecule has 0 bridgehead atoms. The van der Waals surface area contributed by atoms with Crippen molar-refractivity contribution in [2.45, 2.75) is 0 Å². The predicted molar refractivity (Wildman–Crippen MR) is 239 cm³/mol. The standard InChI is InChI=1S/C53H33N5/c1-3-13-36(14-4-1)51-54-52(37-15-5-2-6-16-37)56-53(55-51)38-25-23-34(24-26-38)35-27-29-40(30-28-35)57-47-21-11-9-19-42(47)44-32-43-41-18-8-12-22-48(41)58-46-20-10-7-17-39(46)31-49(58)45(43)33-50(44)57/h1-33H. The van der Waals surface area contributed by atoms with Crippen LogP contribution in [0.1, 0.15) is 0 Å². The third-order valence-electron chi connectivity index (χ3n) is 11.5. The van der Waals surface area contributed by atoms with Gasteiger partial charge in [0.15, 0.2) is 17.5 Å². The Morgan fingerprint density at radius 3 is 1.38 bits per heavy atom. The molecule has 5 heteroatoms. The summed E-state index contributed by atoms with van der Waals surface area (Å²) in [7, 11) is 0. The average Bonchev–Trinajstić information content (AvgIpc) is 3.85. The van der Waals surface area contributed by atoms with Gasteiger partial charge in [-0.1, -0.05) is 152 Å². The first-order valence-electron chi connectivity index (χ1n) is 19.6. The van der Waals surface area contributed by atoms with Gasteiger partial charge in [-0.2, -0.15) is 0 Å². The number of hydrogen-bond acceptors (Lipinski definition) is 3. The third-order valence-corrected chi connectivity index (χ3v) is 11.5. The number of hydrogen-bond donors (Lipinski definition) is 0. The van der Waals surface area contributed by atoms with Crippen LogP contribution in [0.2, 0.25) is 0 Å². The molecule has 0 aliphatic rings. The molecular weight excluding hydrogens is 707 g/mol. The van der Waals surface area contributed by atoms with Crippen molar-refractivity contribution in [1.82, 2.24) is 23.9 Å². The summed E-state index contributed by atoms with van der Waals surface area (Å²) < 4.78 is 4.85. The maximum Gasteiger partial charge on any atom is 0.164 e. The minimum Gasteiger partial charge on any atom is -0.309 e. The minimum absolute atomic E-state index is 0.645. The van der Waals surface area contributed by atoms with E-state index in [9.17, 15) is 0 Å². The molecular formula is C53H33N5. The van der Waals surface area contributed by atoms with E-state index < -0.39 is 0 Å². The normalized spacial score (nSPS) is 11.8. The van der Waals surface area contributed by atoms with Crippen LogP contribution in [0.5, 0.6) is 0 Å². The quantitative estimate of drug-likeness (QED) is 0.165. The molecule has 58 heavy (non-hydrogen) atoms. The Kier molecular flexibility index (Phi) is 7.16. The SMILES string of the molecule is c1ccc(-c2nc(-c3ccccc3)nc(-c3ccc(-c4ccc(-n5c6ccccc6c6cc7c8ccccc8n8c9ccccc9cc8c7cc65)cc4)cc3)n2)cc1. The van der Waals surface area contributed by atoms with Crippen LogP contribution in [-0.2, 0) is 0 Å². The molecule has 0 aliphatic carbocycles. The van der Waals surface area contributed by atoms with Crippen LogP contribution in [0.15, 0.2) is 200 Å². The topological polar surface area (TPSA) is 48.0 Å². The van der Waals surface area contributed by atoms with Gasteiger partial charge < -0.3 is 8.97 Å². The zero-order valence-electron chi connectivity index (χ0n) is 31.3. The van der Waals surface area contributed by atoms with E-state index in [-0.39, 0.29) is 0 Å². The molecule has 5 nitrogen and oxygen atoms in total. The number of pyridine rings is 1. The summed E-state index contributed by atoms with van der Waals surface area (Å²) >= 11 is 0. The summed E-state index contributed by atoms with van der Waals surface area (Å²) in [5.74, 6) is 1.95. The van der Waals surface area contributed by atoms with E-state index in [0.29, 0.717) is 17.5 Å². The first-order chi connectivity index (χ1) is 28.7. The minimum atomic E-state index is 0.645. The van der Waals surface area contributed by atoms with Gasteiger partial charge in [0.25, 0.3) is 0 Å². The number of aromatic nitrogens is 5. The molecule has 0 amide bonds. The molecule has 0 saturated heterocycles. The van der Waals surface area contributed by atoms with Gasteiger partial charge >= 0.3 is 0 Å². The average molecular weight is 740 g/mol. The second-order valence-electron chi connectivity index (χ2n) is 14.9. The summed E-state index contributed by atoms with van der Waals surface area (Å²) in [6, 6.07) is 71.1. The van der Waals surface area contributed by atoms with Crippen molar-refractivity contribution in [2.75, 3.05) is 0 Å². The molecule has 270 valence electrons. The Morgan fingerprint density at radius 1 is 0.276 bits per heavy atom. The number of para-hydroxylation sites is 3. The molecule has 12 rings (SSSR count). The Morgan fingerprint density at radius 2 is 0.741 bits per heavy atom. The van der Waals surface area contributed by atoms with E-state index in [2.05, 4.69) is 148 Å². The van der Waals surface area contributed by atoms with Crippen LogP contribution >= 0.6 is 0 Å². The van der Waals surface area contributed by atoms with Crippen LogP contribution < -0.4 is 0 Å². The van der Waals surface area contributed by atoms with Crippen LogP contribution in [0.25, 0.3) is 111 Å². The maximum absolute atomic E-state index is 4.93. The van der Waals surface area contributed by atoms with Crippen molar-refractivity contribution < 1.29 is 0 Å². The zero-order chi connectivity index (χ0) is 38.2. The molecule has 12 aromatic rings. The second-order valence-corrected chi connectivity index (χ2v) is 14.9. The zero-order valence-corrected chi connectivity index (χ0v) is 31.3. The van der Waals surface area contributed by atoms with Gasteiger partial charge in [-0.15, -0.1) is 0 Å². The van der Waals surface area contributed by atoms with Gasteiger partial charge in [0.1, 0.15) is 0 Å². The predicted octanol–water partition coefficient (Wildman–Crippen LogP) is 13.3. The van der Waals surface area contributed by atoms with E-state index in [1.54, 1.807) is 0 Å². The molecule has 0 unspecified atom stereocenters. The Balaban J connectivity index is 0.962. The van der Waals surface area contributed by atoms with Crippen LogP contribution in [0.4, 0.5) is 0 Å². The molecule has 0 N–H and O–H groups in total. The smallest absolute Gasteiger partial charge is 0.164 e. The molecule has 4 aromatic heterocycles. The first-order valence-corrected chi connectivity index (χ1v) is 19.6. The molecule has 0 atom stereocenters. The van der Waals surface area contributed by atoms with Gasteiger partial charge in [-0.25, -0.2) is 15.0 Å². The fraction of sp³-hybridized carbons (Fsp3) is 0. The lowest BCUT2D eigenvalue weighted by Gasteiger charge is -2.13. The highest BCUT2D eigenvalue weighted by Crippen LogP contribution is 2.40. The van der Waals surface area contributed by atoms with Crippen molar-refractivity contribution in [1.29, 1.82) is 0 Å². The van der Waals surface area contributed by atoms with Crippen molar-refractivity contribution >= 4 is 59.9 Å². The monoisotopic (exact) mass is 739 g/mol. The molecule has 0 fully saturated rings. The molecule has 0 radical (unpaired) electrons. The molecule has 0 saturated carbocycles. The second kappa shape index (κ2) is 12.8. The molecule has 0 aliphatic heterocycles. The van der Waals surface area contributed by atoms with Gasteiger partial charge in [0.05, 0.1) is 27.6 Å². The largest absolute Gasteiger partial charge is 0.309 e. The summed E-state index contributed by atoms with van der Waals surface area (Å²) in [5, 5.41) is 7.50. The van der Waals surface area contributed by atoms with Crippen molar-refractivity contribution in [2.24, 2.45) is 0 Å². The van der Waals surface area contributed by atoms with Crippen LogP contribution in [-0.4, -0.2) is 23.9 Å². The number of fused-ring (bicyclic) bond motifs is 11. The lowest BCUT2D eigenvalue weighted by molar-refractivity contribution is 1.07.